The third-order valence-electron chi connectivity index (χ3n) is 4.06. The van der Waals surface area contributed by atoms with Crippen molar-refractivity contribution in [3.63, 3.8) is 0 Å². The summed E-state index contributed by atoms with van der Waals surface area (Å²) < 4.78 is 25.8. The van der Waals surface area contributed by atoms with Crippen LogP contribution in [-0.2, 0) is 19.6 Å². The van der Waals surface area contributed by atoms with E-state index in [2.05, 4.69) is 10.9 Å². The molecule has 1 aliphatic carbocycles. The summed E-state index contributed by atoms with van der Waals surface area (Å²) in [5.41, 5.74) is 5.58. The minimum Gasteiger partial charge on any atom is -0.273 e. The first-order chi connectivity index (χ1) is 11.8. The molecule has 8 heteroatoms. The molecule has 0 heterocycles. The van der Waals surface area contributed by atoms with Gasteiger partial charge in [-0.1, -0.05) is 29.8 Å². The number of likely N-dealkylation sites (N-methyl/N-ethyl adjacent to an activating group) is 1. The SMILES string of the molecule is Cc1ccc(S(=O)(=O)N(C)CC(=O)NNC(=O)[C@H]2CC=CCC2)cc1. The normalized spacial score (nSPS) is 17.3. The molecular weight excluding hydrogens is 342 g/mol. The molecule has 0 aliphatic heterocycles. The van der Waals surface area contributed by atoms with E-state index in [0.29, 0.717) is 6.42 Å². The quantitative estimate of drug-likeness (QED) is 0.604. The number of hydrogen-bond acceptors (Lipinski definition) is 4. The van der Waals surface area contributed by atoms with Gasteiger partial charge in [-0.15, -0.1) is 0 Å². The summed E-state index contributed by atoms with van der Waals surface area (Å²) in [5, 5.41) is 0. The fourth-order valence-electron chi connectivity index (χ4n) is 2.48. The van der Waals surface area contributed by atoms with Gasteiger partial charge in [-0.25, -0.2) is 8.42 Å². The number of hydrogen-bond donors (Lipinski definition) is 2. The number of hydrazine groups is 1. The molecule has 1 atom stereocenters. The van der Waals surface area contributed by atoms with Crippen LogP contribution in [0.4, 0.5) is 0 Å². The van der Waals surface area contributed by atoms with Crippen molar-refractivity contribution in [3.05, 3.63) is 42.0 Å². The van der Waals surface area contributed by atoms with Crippen LogP contribution in [0.25, 0.3) is 0 Å². The van der Waals surface area contributed by atoms with Crippen LogP contribution in [0, 0.1) is 12.8 Å². The number of nitrogens with zero attached hydrogens (tertiary/aromatic N) is 1. The van der Waals surface area contributed by atoms with Crippen LogP contribution >= 0.6 is 0 Å². The largest absolute Gasteiger partial charge is 0.273 e. The van der Waals surface area contributed by atoms with Crippen molar-refractivity contribution in [2.45, 2.75) is 31.1 Å². The molecule has 2 amide bonds. The lowest BCUT2D eigenvalue weighted by molar-refractivity contribution is -0.131. The van der Waals surface area contributed by atoms with E-state index in [9.17, 15) is 18.0 Å². The summed E-state index contributed by atoms with van der Waals surface area (Å²) in [6.07, 6.45) is 6.18. The first-order valence-corrected chi connectivity index (χ1v) is 9.51. The molecule has 1 aliphatic rings. The minimum atomic E-state index is -3.76. The van der Waals surface area contributed by atoms with E-state index in [1.165, 1.54) is 19.2 Å². The van der Waals surface area contributed by atoms with Crippen LogP contribution < -0.4 is 10.9 Å². The summed E-state index contributed by atoms with van der Waals surface area (Å²) >= 11 is 0. The van der Waals surface area contributed by atoms with E-state index in [1.54, 1.807) is 12.1 Å². The zero-order valence-corrected chi connectivity index (χ0v) is 15.2. The standard InChI is InChI=1S/C17H23N3O4S/c1-13-8-10-15(11-9-13)25(23,24)20(2)12-16(21)18-19-17(22)14-6-4-3-5-7-14/h3-4,8-11,14H,5-7,12H2,1-2H3,(H,18,21)(H,19,22)/t14-/m0/s1. The molecule has 7 nitrogen and oxygen atoms in total. The number of aryl methyl sites for hydroxylation is 1. The molecule has 0 spiro atoms. The maximum absolute atomic E-state index is 12.4. The second-order valence-electron chi connectivity index (χ2n) is 6.09. The van der Waals surface area contributed by atoms with Gasteiger partial charge in [0.2, 0.25) is 15.9 Å². The Morgan fingerprint density at radius 1 is 1.16 bits per heavy atom. The Hall–Kier alpha value is -2.19. The van der Waals surface area contributed by atoms with E-state index >= 15 is 0 Å². The maximum Gasteiger partial charge on any atom is 0.253 e. The molecule has 0 saturated heterocycles. The molecule has 0 radical (unpaired) electrons. The zero-order valence-electron chi connectivity index (χ0n) is 14.4. The molecule has 25 heavy (non-hydrogen) atoms. The number of allylic oxidation sites excluding steroid dienone is 2. The second-order valence-corrected chi connectivity index (χ2v) is 8.14. The molecule has 0 saturated carbocycles. The van der Waals surface area contributed by atoms with Crippen molar-refractivity contribution in [2.24, 2.45) is 5.92 Å². The fourth-order valence-corrected chi connectivity index (χ4v) is 3.61. The summed E-state index contributed by atoms with van der Waals surface area (Å²) in [7, 11) is -2.44. The van der Waals surface area contributed by atoms with Gasteiger partial charge in [0, 0.05) is 13.0 Å². The second kappa shape index (κ2) is 8.26. The summed E-state index contributed by atoms with van der Waals surface area (Å²) in [5.74, 6) is -1.03. The monoisotopic (exact) mass is 365 g/mol. The predicted molar refractivity (Wildman–Crippen MR) is 93.8 cm³/mol. The molecule has 136 valence electrons. The molecular formula is C17H23N3O4S. The molecule has 1 aromatic rings. The highest BCUT2D eigenvalue weighted by molar-refractivity contribution is 7.89. The minimum absolute atomic E-state index is 0.117. The van der Waals surface area contributed by atoms with Crippen molar-refractivity contribution < 1.29 is 18.0 Å². The predicted octanol–water partition coefficient (Wildman–Crippen LogP) is 1.12. The van der Waals surface area contributed by atoms with Gasteiger partial charge in [-0.05, 0) is 38.3 Å². The van der Waals surface area contributed by atoms with Crippen LogP contribution in [0.2, 0.25) is 0 Å². The van der Waals surface area contributed by atoms with Crippen molar-refractivity contribution in [1.82, 2.24) is 15.2 Å². The molecule has 2 rings (SSSR count). The number of benzene rings is 1. The van der Waals surface area contributed by atoms with Gasteiger partial charge in [0.05, 0.1) is 11.4 Å². The Balaban J connectivity index is 1.87. The van der Waals surface area contributed by atoms with E-state index in [4.69, 9.17) is 0 Å². The number of carbonyl (C=O) groups excluding carboxylic acids is 2. The van der Waals surface area contributed by atoms with Crippen LogP contribution in [-0.4, -0.2) is 38.1 Å². The van der Waals surface area contributed by atoms with Crippen molar-refractivity contribution in [3.8, 4) is 0 Å². The third-order valence-corrected chi connectivity index (χ3v) is 5.88. The lowest BCUT2D eigenvalue weighted by Crippen LogP contribution is -2.48. The zero-order chi connectivity index (χ0) is 18.4. The number of carbonyl (C=O) groups is 2. The van der Waals surface area contributed by atoms with Crippen LogP contribution in [0.15, 0.2) is 41.3 Å². The fraction of sp³-hybridized carbons (Fsp3) is 0.412. The van der Waals surface area contributed by atoms with Gasteiger partial charge >= 0.3 is 0 Å². The van der Waals surface area contributed by atoms with Crippen LogP contribution in [0.5, 0.6) is 0 Å². The van der Waals surface area contributed by atoms with Gasteiger partial charge in [0.1, 0.15) is 0 Å². The summed E-state index contributed by atoms with van der Waals surface area (Å²) in [6.45, 7) is 1.47. The maximum atomic E-state index is 12.4. The van der Waals surface area contributed by atoms with Crippen LogP contribution in [0.3, 0.4) is 0 Å². The Morgan fingerprint density at radius 2 is 1.84 bits per heavy atom. The molecule has 0 unspecified atom stereocenters. The number of rotatable bonds is 5. The number of nitrogens with one attached hydrogen (secondary N) is 2. The topological polar surface area (TPSA) is 95.6 Å². The summed E-state index contributed by atoms with van der Waals surface area (Å²) in [6, 6.07) is 6.38. The molecule has 1 aromatic carbocycles. The van der Waals surface area contributed by atoms with Gasteiger partial charge in [-0.3, -0.25) is 20.4 Å². The van der Waals surface area contributed by atoms with Crippen molar-refractivity contribution >= 4 is 21.8 Å². The van der Waals surface area contributed by atoms with Gasteiger partial charge < -0.3 is 0 Å². The van der Waals surface area contributed by atoms with E-state index < -0.39 is 15.9 Å². The molecule has 0 fully saturated rings. The Morgan fingerprint density at radius 3 is 2.44 bits per heavy atom. The average molecular weight is 365 g/mol. The third kappa shape index (κ3) is 5.14. The molecule has 2 N–H and O–H groups in total. The lowest BCUT2D eigenvalue weighted by Gasteiger charge is -2.19. The Labute approximate surface area is 148 Å². The Bertz CT molecular complexity index is 757. The van der Waals surface area contributed by atoms with E-state index in [0.717, 1.165) is 22.7 Å². The highest BCUT2D eigenvalue weighted by Crippen LogP contribution is 2.17. The number of amides is 2. The molecule has 0 aromatic heterocycles. The van der Waals surface area contributed by atoms with Gasteiger partial charge in [0.25, 0.3) is 5.91 Å². The average Bonchev–Trinajstić information content (AvgIpc) is 2.60. The van der Waals surface area contributed by atoms with Gasteiger partial charge in [-0.2, -0.15) is 4.31 Å². The van der Waals surface area contributed by atoms with Gasteiger partial charge in [0.15, 0.2) is 0 Å². The number of sulfonamides is 1. The highest BCUT2D eigenvalue weighted by Gasteiger charge is 2.24. The first-order valence-electron chi connectivity index (χ1n) is 8.07. The van der Waals surface area contributed by atoms with Crippen molar-refractivity contribution in [2.75, 3.05) is 13.6 Å². The lowest BCUT2D eigenvalue weighted by atomic mass is 9.94. The Kier molecular flexibility index (Phi) is 6.33. The van der Waals surface area contributed by atoms with Crippen LogP contribution in [0.1, 0.15) is 24.8 Å². The van der Waals surface area contributed by atoms with Crippen molar-refractivity contribution in [1.29, 1.82) is 0 Å². The molecule has 0 bridgehead atoms. The first kappa shape index (κ1) is 19.1. The smallest absolute Gasteiger partial charge is 0.253 e. The van der Waals surface area contributed by atoms with E-state index in [1.807, 2.05) is 19.1 Å². The summed E-state index contributed by atoms with van der Waals surface area (Å²) in [4.78, 5) is 24.0. The van der Waals surface area contributed by atoms with E-state index in [-0.39, 0.29) is 23.3 Å². The highest BCUT2D eigenvalue weighted by atomic mass is 32.2.